The highest BCUT2D eigenvalue weighted by molar-refractivity contribution is 5.76. The average Bonchev–Trinajstić information content (AvgIpc) is 3.19. The minimum absolute atomic E-state index is 0.0586. The molecule has 0 atom stereocenters. The van der Waals surface area contributed by atoms with Crippen LogP contribution in [-0.2, 0) is 35.6 Å². The van der Waals surface area contributed by atoms with Gasteiger partial charge in [-0.25, -0.2) is 9.97 Å². The molecule has 11 nitrogen and oxygen atoms in total. The van der Waals surface area contributed by atoms with E-state index in [9.17, 15) is 14.4 Å². The van der Waals surface area contributed by atoms with E-state index in [1.54, 1.807) is 24.0 Å². The van der Waals surface area contributed by atoms with Crippen LogP contribution < -0.4 is 27.2 Å². The van der Waals surface area contributed by atoms with Gasteiger partial charge in [-0.3, -0.25) is 19.0 Å². The average molecular weight is 509 g/mol. The van der Waals surface area contributed by atoms with E-state index in [0.29, 0.717) is 30.2 Å². The van der Waals surface area contributed by atoms with Crippen molar-refractivity contribution in [1.29, 1.82) is 0 Å². The number of carbonyl (C=O) groups excluding carboxylic acids is 2. The van der Waals surface area contributed by atoms with Gasteiger partial charge in [0.25, 0.3) is 5.56 Å². The predicted molar refractivity (Wildman–Crippen MR) is 142 cm³/mol. The second kappa shape index (κ2) is 12.3. The Kier molecular flexibility index (Phi) is 9.18. The van der Waals surface area contributed by atoms with E-state index >= 15 is 0 Å². The van der Waals surface area contributed by atoms with Crippen LogP contribution >= 0.6 is 0 Å². The first-order valence-corrected chi connectivity index (χ1v) is 12.2. The molecular formula is C26H36N8O3. The molecule has 0 aliphatic rings. The molecule has 2 amide bonds. The first-order valence-electron chi connectivity index (χ1n) is 12.2. The van der Waals surface area contributed by atoms with Crippen molar-refractivity contribution < 1.29 is 9.59 Å². The number of hydrogen-bond acceptors (Lipinski definition) is 7. The van der Waals surface area contributed by atoms with E-state index in [-0.39, 0.29) is 42.8 Å². The molecule has 0 saturated heterocycles. The molecule has 0 radical (unpaired) electrons. The smallest absolute Gasteiger partial charge is 0.293 e. The first kappa shape index (κ1) is 27.6. The molecule has 11 heteroatoms. The number of aryl methyl sites for hydroxylation is 2. The molecule has 5 N–H and O–H groups in total. The molecule has 0 fully saturated rings. The number of imidazole rings is 1. The van der Waals surface area contributed by atoms with Gasteiger partial charge < -0.3 is 26.3 Å². The van der Waals surface area contributed by atoms with E-state index < -0.39 is 5.54 Å². The number of aromatic nitrogens is 4. The molecule has 0 unspecified atom stereocenters. The van der Waals surface area contributed by atoms with Gasteiger partial charge in [0.2, 0.25) is 11.8 Å². The molecule has 2 aromatic heterocycles. The summed E-state index contributed by atoms with van der Waals surface area (Å²) in [6, 6.07) is 9.94. The Bertz CT molecular complexity index is 1280. The molecule has 3 rings (SSSR count). The van der Waals surface area contributed by atoms with Crippen molar-refractivity contribution in [2.24, 2.45) is 5.73 Å². The summed E-state index contributed by atoms with van der Waals surface area (Å²) in [4.78, 5) is 46.5. The van der Waals surface area contributed by atoms with Gasteiger partial charge in [-0.05, 0) is 39.7 Å². The van der Waals surface area contributed by atoms with Gasteiger partial charge in [-0.2, -0.15) is 0 Å². The predicted octanol–water partition coefficient (Wildman–Crippen LogP) is 0.881. The number of nitrogens with two attached hydrogens (primary N) is 1. The summed E-state index contributed by atoms with van der Waals surface area (Å²) < 4.78 is 3.08. The molecule has 3 aromatic rings. The highest BCUT2D eigenvalue weighted by atomic mass is 16.2. The molecule has 37 heavy (non-hydrogen) atoms. The Morgan fingerprint density at radius 1 is 1.03 bits per heavy atom. The van der Waals surface area contributed by atoms with Crippen LogP contribution in [0.5, 0.6) is 0 Å². The van der Waals surface area contributed by atoms with Gasteiger partial charge in [0.1, 0.15) is 13.1 Å². The van der Waals surface area contributed by atoms with E-state index in [2.05, 4.69) is 25.9 Å². The van der Waals surface area contributed by atoms with Crippen molar-refractivity contribution in [3.05, 3.63) is 75.9 Å². The van der Waals surface area contributed by atoms with Crippen LogP contribution in [0.4, 0.5) is 5.82 Å². The summed E-state index contributed by atoms with van der Waals surface area (Å²) in [7, 11) is 0. The fourth-order valence-electron chi connectivity index (χ4n) is 3.65. The largest absolute Gasteiger partial charge is 0.365 e. The topological polar surface area (TPSA) is 149 Å². The lowest BCUT2D eigenvalue weighted by molar-refractivity contribution is -0.122. The second-order valence-electron chi connectivity index (χ2n) is 9.75. The summed E-state index contributed by atoms with van der Waals surface area (Å²) in [6.45, 7) is 8.16. The number of nitrogens with zero attached hydrogens (tertiary/aromatic N) is 4. The van der Waals surface area contributed by atoms with E-state index in [0.717, 1.165) is 12.0 Å². The molecule has 0 bridgehead atoms. The van der Waals surface area contributed by atoms with Crippen LogP contribution in [0.3, 0.4) is 0 Å². The zero-order valence-corrected chi connectivity index (χ0v) is 21.9. The van der Waals surface area contributed by atoms with Gasteiger partial charge in [0.05, 0.1) is 24.3 Å². The van der Waals surface area contributed by atoms with Gasteiger partial charge in [-0.1, -0.05) is 30.3 Å². The van der Waals surface area contributed by atoms with Crippen LogP contribution in [0.1, 0.15) is 36.5 Å². The summed E-state index contributed by atoms with van der Waals surface area (Å²) >= 11 is 0. The van der Waals surface area contributed by atoms with Crippen molar-refractivity contribution >= 4 is 17.6 Å². The van der Waals surface area contributed by atoms with Crippen molar-refractivity contribution in [2.45, 2.75) is 59.3 Å². The molecular weight excluding hydrogens is 472 g/mol. The highest BCUT2D eigenvalue weighted by Gasteiger charge is 2.16. The third-order valence-electron chi connectivity index (χ3n) is 5.77. The van der Waals surface area contributed by atoms with Gasteiger partial charge in [0, 0.05) is 30.5 Å². The fourth-order valence-corrected chi connectivity index (χ4v) is 3.65. The maximum absolute atomic E-state index is 13.0. The van der Waals surface area contributed by atoms with Crippen LogP contribution in [0.2, 0.25) is 0 Å². The number of rotatable bonds is 12. The number of carbonyl (C=O) groups is 2. The Morgan fingerprint density at radius 2 is 1.73 bits per heavy atom. The Hall–Kier alpha value is -3.99. The zero-order valence-electron chi connectivity index (χ0n) is 21.9. The van der Waals surface area contributed by atoms with Gasteiger partial charge in [0.15, 0.2) is 5.82 Å². The standard InChI is InChI=1S/C26H36N8O3/c1-18-12-30-24(28-11-10-20-8-6-5-7-9-20)25(37)34(18)15-23(36)29-13-21-19(2)32-17-33(21)14-22(35)31-16-26(3,4)27/h5-9,12,17H,10-11,13-16,27H2,1-4H3,(H,28,30)(H,29,36)(H,31,35). The normalized spacial score (nSPS) is 11.3. The number of anilines is 1. The third-order valence-corrected chi connectivity index (χ3v) is 5.77. The summed E-state index contributed by atoms with van der Waals surface area (Å²) in [6.07, 6.45) is 3.88. The summed E-state index contributed by atoms with van der Waals surface area (Å²) in [5.74, 6) is -0.335. The van der Waals surface area contributed by atoms with E-state index in [1.165, 1.54) is 4.57 Å². The van der Waals surface area contributed by atoms with Crippen molar-refractivity contribution in [1.82, 2.24) is 29.7 Å². The van der Waals surface area contributed by atoms with Gasteiger partial charge in [-0.15, -0.1) is 0 Å². The minimum atomic E-state index is -0.516. The Morgan fingerprint density at radius 3 is 2.43 bits per heavy atom. The van der Waals surface area contributed by atoms with Gasteiger partial charge >= 0.3 is 0 Å². The van der Waals surface area contributed by atoms with Crippen LogP contribution in [-0.4, -0.2) is 49.5 Å². The van der Waals surface area contributed by atoms with E-state index in [4.69, 9.17) is 5.73 Å². The number of hydrogen-bond donors (Lipinski definition) is 4. The number of nitrogens with one attached hydrogen (secondary N) is 3. The van der Waals surface area contributed by atoms with Crippen molar-refractivity contribution in [2.75, 3.05) is 18.4 Å². The lowest BCUT2D eigenvalue weighted by Crippen LogP contribution is -2.45. The fraction of sp³-hybridized carbons (Fsp3) is 0.423. The monoisotopic (exact) mass is 508 g/mol. The van der Waals surface area contributed by atoms with Crippen LogP contribution in [0.15, 0.2) is 47.7 Å². The maximum atomic E-state index is 13.0. The number of benzene rings is 1. The molecule has 2 heterocycles. The Balaban J connectivity index is 1.58. The zero-order chi connectivity index (χ0) is 27.0. The van der Waals surface area contributed by atoms with E-state index in [1.807, 2.05) is 51.1 Å². The second-order valence-corrected chi connectivity index (χ2v) is 9.75. The van der Waals surface area contributed by atoms with Crippen LogP contribution in [0, 0.1) is 13.8 Å². The minimum Gasteiger partial charge on any atom is -0.365 e. The lowest BCUT2D eigenvalue weighted by atomic mass is 10.1. The van der Waals surface area contributed by atoms with Crippen molar-refractivity contribution in [3.8, 4) is 0 Å². The molecule has 0 spiro atoms. The van der Waals surface area contributed by atoms with Crippen molar-refractivity contribution in [3.63, 3.8) is 0 Å². The maximum Gasteiger partial charge on any atom is 0.293 e. The van der Waals surface area contributed by atoms with Crippen LogP contribution in [0.25, 0.3) is 0 Å². The highest BCUT2D eigenvalue weighted by Crippen LogP contribution is 2.07. The summed E-state index contributed by atoms with van der Waals surface area (Å²) in [5, 5.41) is 8.70. The molecule has 198 valence electrons. The molecule has 0 aliphatic carbocycles. The quantitative estimate of drug-likeness (QED) is 0.284. The third kappa shape index (κ3) is 8.28. The number of amides is 2. The molecule has 0 aliphatic heterocycles. The first-order chi connectivity index (χ1) is 17.5. The molecule has 0 saturated carbocycles. The summed E-state index contributed by atoms with van der Waals surface area (Å²) in [5.41, 5.74) is 8.18. The molecule has 1 aromatic carbocycles. The Labute approximate surface area is 216 Å². The SMILES string of the molecule is Cc1ncn(CC(=O)NCC(C)(C)N)c1CNC(=O)Cn1c(C)cnc(NCCc2ccccc2)c1=O. The lowest BCUT2D eigenvalue weighted by Gasteiger charge is -2.19.